The van der Waals surface area contributed by atoms with Gasteiger partial charge in [-0.15, -0.1) is 0 Å². The molecule has 0 unspecified atom stereocenters. The maximum Gasteiger partial charge on any atom is 0.251 e. The zero-order valence-corrected chi connectivity index (χ0v) is 14.5. The standard InChI is InChI=1S/C15H21Cl2N3O2/c1-11(21)20(9-8-19(2)3)7-6-18-15(22)12-4-5-13(16)14(17)10-12/h4-5,10H,6-9H2,1-3H3,(H,18,22). The fourth-order valence-corrected chi connectivity index (χ4v) is 2.09. The molecule has 2 amide bonds. The summed E-state index contributed by atoms with van der Waals surface area (Å²) in [6.45, 7) is 3.78. The lowest BCUT2D eigenvalue weighted by molar-refractivity contribution is -0.128. The Kier molecular flexibility index (Phi) is 7.65. The highest BCUT2D eigenvalue weighted by molar-refractivity contribution is 6.42. The predicted octanol–water partition coefficient (Wildman–Crippen LogP) is 2.13. The molecule has 0 aliphatic heterocycles. The summed E-state index contributed by atoms with van der Waals surface area (Å²) in [7, 11) is 3.90. The van der Waals surface area contributed by atoms with Crippen LogP contribution in [0.5, 0.6) is 0 Å². The maximum absolute atomic E-state index is 12.0. The van der Waals surface area contributed by atoms with Crippen molar-refractivity contribution < 1.29 is 9.59 Å². The molecule has 22 heavy (non-hydrogen) atoms. The van der Waals surface area contributed by atoms with Crippen LogP contribution in [0.2, 0.25) is 10.0 Å². The first-order valence-electron chi connectivity index (χ1n) is 6.94. The minimum atomic E-state index is -0.241. The van der Waals surface area contributed by atoms with Gasteiger partial charge in [-0.05, 0) is 32.3 Å². The highest BCUT2D eigenvalue weighted by Gasteiger charge is 2.11. The minimum absolute atomic E-state index is 0.00867. The number of nitrogens with zero attached hydrogens (tertiary/aromatic N) is 2. The van der Waals surface area contributed by atoms with Gasteiger partial charge in [0.15, 0.2) is 0 Å². The lowest BCUT2D eigenvalue weighted by Crippen LogP contribution is -2.40. The van der Waals surface area contributed by atoms with Crippen LogP contribution in [-0.2, 0) is 4.79 Å². The molecule has 7 heteroatoms. The number of carbonyl (C=O) groups excluding carboxylic acids is 2. The Morgan fingerprint density at radius 2 is 1.77 bits per heavy atom. The summed E-state index contributed by atoms with van der Waals surface area (Å²) in [5, 5.41) is 3.52. The molecular formula is C15H21Cl2N3O2. The zero-order chi connectivity index (χ0) is 16.7. The van der Waals surface area contributed by atoms with E-state index in [0.717, 1.165) is 6.54 Å². The molecule has 5 nitrogen and oxygen atoms in total. The Morgan fingerprint density at radius 3 is 2.32 bits per heavy atom. The van der Waals surface area contributed by atoms with Crippen molar-refractivity contribution in [3.05, 3.63) is 33.8 Å². The number of benzene rings is 1. The third kappa shape index (κ3) is 6.22. The van der Waals surface area contributed by atoms with Gasteiger partial charge in [0.1, 0.15) is 0 Å². The average molecular weight is 346 g/mol. The van der Waals surface area contributed by atoms with Gasteiger partial charge < -0.3 is 15.1 Å². The van der Waals surface area contributed by atoms with E-state index in [4.69, 9.17) is 23.2 Å². The van der Waals surface area contributed by atoms with Crippen molar-refractivity contribution in [3.63, 3.8) is 0 Å². The van der Waals surface area contributed by atoms with E-state index in [9.17, 15) is 9.59 Å². The van der Waals surface area contributed by atoms with Crippen molar-refractivity contribution in [2.75, 3.05) is 40.3 Å². The Bertz CT molecular complexity index is 536. The van der Waals surface area contributed by atoms with Crippen molar-refractivity contribution >= 4 is 35.0 Å². The van der Waals surface area contributed by atoms with Crippen LogP contribution in [0.1, 0.15) is 17.3 Å². The molecule has 1 aromatic rings. The molecule has 1 rings (SSSR count). The monoisotopic (exact) mass is 345 g/mol. The van der Waals surface area contributed by atoms with Crippen LogP contribution in [0.15, 0.2) is 18.2 Å². The molecule has 0 aliphatic carbocycles. The first-order chi connectivity index (χ1) is 10.3. The van der Waals surface area contributed by atoms with Crippen molar-refractivity contribution in [2.24, 2.45) is 0 Å². The Morgan fingerprint density at radius 1 is 1.09 bits per heavy atom. The average Bonchev–Trinajstić information content (AvgIpc) is 2.44. The van der Waals surface area contributed by atoms with Gasteiger partial charge >= 0.3 is 0 Å². The van der Waals surface area contributed by atoms with Gasteiger partial charge in [-0.25, -0.2) is 0 Å². The van der Waals surface area contributed by atoms with Gasteiger partial charge in [-0.1, -0.05) is 23.2 Å². The van der Waals surface area contributed by atoms with E-state index in [1.165, 1.54) is 13.0 Å². The third-order valence-corrected chi connectivity index (χ3v) is 3.85. The summed E-state index contributed by atoms with van der Waals surface area (Å²) >= 11 is 11.7. The van der Waals surface area contributed by atoms with Crippen LogP contribution in [0, 0.1) is 0 Å². The van der Waals surface area contributed by atoms with Gasteiger partial charge in [-0.3, -0.25) is 9.59 Å². The molecular weight excluding hydrogens is 325 g/mol. The summed E-state index contributed by atoms with van der Waals surface area (Å²) in [5.41, 5.74) is 0.442. The van der Waals surface area contributed by atoms with Crippen LogP contribution >= 0.6 is 23.2 Å². The number of likely N-dealkylation sites (N-methyl/N-ethyl adjacent to an activating group) is 1. The minimum Gasteiger partial charge on any atom is -0.350 e. The topological polar surface area (TPSA) is 52.7 Å². The highest BCUT2D eigenvalue weighted by Crippen LogP contribution is 2.22. The van der Waals surface area contributed by atoms with E-state index in [0.29, 0.717) is 35.2 Å². The van der Waals surface area contributed by atoms with E-state index < -0.39 is 0 Å². The number of carbonyl (C=O) groups is 2. The van der Waals surface area contributed by atoms with Gasteiger partial charge in [0.25, 0.3) is 5.91 Å². The molecule has 0 fully saturated rings. The number of hydrogen-bond donors (Lipinski definition) is 1. The molecule has 0 aromatic heterocycles. The van der Waals surface area contributed by atoms with E-state index >= 15 is 0 Å². The Balaban J connectivity index is 2.48. The van der Waals surface area contributed by atoms with E-state index in [-0.39, 0.29) is 11.8 Å². The highest BCUT2D eigenvalue weighted by atomic mass is 35.5. The van der Waals surface area contributed by atoms with Gasteiger partial charge in [0.2, 0.25) is 5.91 Å². The molecule has 0 spiro atoms. The molecule has 0 atom stereocenters. The van der Waals surface area contributed by atoms with Crippen molar-refractivity contribution in [2.45, 2.75) is 6.92 Å². The normalized spacial score (nSPS) is 10.6. The van der Waals surface area contributed by atoms with Crippen molar-refractivity contribution in [3.8, 4) is 0 Å². The molecule has 0 aliphatic rings. The van der Waals surface area contributed by atoms with Crippen LogP contribution in [-0.4, -0.2) is 61.9 Å². The van der Waals surface area contributed by atoms with Crippen molar-refractivity contribution in [1.82, 2.24) is 15.1 Å². The summed E-state index contributed by atoms with van der Waals surface area (Å²) in [6.07, 6.45) is 0. The quantitative estimate of drug-likeness (QED) is 0.823. The Labute approximate surface area is 141 Å². The largest absolute Gasteiger partial charge is 0.350 e. The van der Waals surface area contributed by atoms with Gasteiger partial charge in [-0.2, -0.15) is 0 Å². The smallest absolute Gasteiger partial charge is 0.251 e. The van der Waals surface area contributed by atoms with Gasteiger partial charge in [0, 0.05) is 38.7 Å². The molecule has 0 heterocycles. The van der Waals surface area contributed by atoms with E-state index in [2.05, 4.69) is 5.32 Å². The number of rotatable bonds is 7. The molecule has 122 valence electrons. The molecule has 0 saturated carbocycles. The second-order valence-electron chi connectivity index (χ2n) is 5.19. The summed E-state index contributed by atoms with van der Waals surface area (Å²) < 4.78 is 0. The van der Waals surface area contributed by atoms with E-state index in [1.807, 2.05) is 19.0 Å². The molecule has 0 radical (unpaired) electrons. The second kappa shape index (κ2) is 8.98. The van der Waals surface area contributed by atoms with Crippen LogP contribution in [0.4, 0.5) is 0 Å². The molecule has 1 N–H and O–H groups in total. The SMILES string of the molecule is CC(=O)N(CCNC(=O)c1ccc(Cl)c(Cl)c1)CCN(C)C. The fraction of sp³-hybridized carbons (Fsp3) is 0.467. The molecule has 1 aromatic carbocycles. The van der Waals surface area contributed by atoms with Crippen LogP contribution in [0.3, 0.4) is 0 Å². The molecule has 0 bridgehead atoms. The number of nitrogens with one attached hydrogen (secondary N) is 1. The maximum atomic E-state index is 12.0. The van der Waals surface area contributed by atoms with Crippen molar-refractivity contribution in [1.29, 1.82) is 0 Å². The second-order valence-corrected chi connectivity index (χ2v) is 6.01. The summed E-state index contributed by atoms with van der Waals surface area (Å²) in [6, 6.07) is 4.71. The predicted molar refractivity (Wildman–Crippen MR) is 89.6 cm³/mol. The lowest BCUT2D eigenvalue weighted by Gasteiger charge is -2.23. The van der Waals surface area contributed by atoms with Gasteiger partial charge in [0.05, 0.1) is 10.0 Å². The van der Waals surface area contributed by atoms with Crippen LogP contribution in [0.25, 0.3) is 0 Å². The Hall–Kier alpha value is -1.30. The summed E-state index contributed by atoms with van der Waals surface area (Å²) in [4.78, 5) is 27.3. The lowest BCUT2D eigenvalue weighted by atomic mass is 10.2. The molecule has 0 saturated heterocycles. The number of hydrogen-bond acceptors (Lipinski definition) is 3. The first-order valence-corrected chi connectivity index (χ1v) is 7.70. The fourth-order valence-electron chi connectivity index (χ4n) is 1.79. The summed E-state index contributed by atoms with van der Waals surface area (Å²) in [5.74, 6) is -0.250. The first kappa shape index (κ1) is 18.7. The van der Waals surface area contributed by atoms with E-state index in [1.54, 1.807) is 17.0 Å². The van der Waals surface area contributed by atoms with Crippen LogP contribution < -0.4 is 5.32 Å². The third-order valence-electron chi connectivity index (χ3n) is 3.11. The number of amides is 2. The zero-order valence-electron chi connectivity index (χ0n) is 13.0. The number of halogens is 2.